The molecule has 0 spiro atoms. The summed E-state index contributed by atoms with van der Waals surface area (Å²) in [6.45, 7) is 8.86. The van der Waals surface area contributed by atoms with Gasteiger partial charge in [0, 0.05) is 28.2 Å². The van der Waals surface area contributed by atoms with E-state index in [4.69, 9.17) is 27.9 Å². The summed E-state index contributed by atoms with van der Waals surface area (Å²) in [6, 6.07) is 16.7. The highest BCUT2D eigenvalue weighted by atomic mass is 35.5. The Morgan fingerprint density at radius 1 is 0.929 bits per heavy atom. The minimum Gasteiger partial charge on any atom is -0.494 e. The number of carbonyl (C=O) groups is 2. The lowest BCUT2D eigenvalue weighted by Crippen LogP contribution is -2.52. The second-order valence-electron chi connectivity index (χ2n) is 9.97. The molecule has 0 aliphatic carbocycles. The molecule has 2 amide bonds. The molecule has 42 heavy (non-hydrogen) atoms. The van der Waals surface area contributed by atoms with E-state index in [2.05, 4.69) is 5.32 Å². The highest BCUT2D eigenvalue weighted by Gasteiger charge is 2.33. The van der Waals surface area contributed by atoms with Crippen LogP contribution in [-0.2, 0) is 26.2 Å². The SMILES string of the molecule is CCOc1ccc(N(CC(=O)N(Cc2c(Cl)cccc2Cl)[C@@H](C)C(=O)N[C@@H](C)CC)S(=O)(=O)c2ccc(C)cc2)cc1. The molecule has 0 saturated carbocycles. The fourth-order valence-electron chi connectivity index (χ4n) is 4.14. The number of benzene rings is 3. The molecule has 8 nitrogen and oxygen atoms in total. The summed E-state index contributed by atoms with van der Waals surface area (Å²) in [4.78, 5) is 28.6. The number of nitrogens with one attached hydrogen (secondary N) is 1. The number of nitrogens with zero attached hydrogens (tertiary/aromatic N) is 2. The van der Waals surface area contributed by atoms with E-state index in [1.54, 1.807) is 61.5 Å². The average molecular weight is 635 g/mol. The van der Waals surface area contributed by atoms with E-state index in [0.717, 1.165) is 9.87 Å². The van der Waals surface area contributed by atoms with Gasteiger partial charge in [0.05, 0.1) is 17.2 Å². The van der Waals surface area contributed by atoms with Crippen LogP contribution in [0.15, 0.2) is 71.6 Å². The average Bonchev–Trinajstić information content (AvgIpc) is 2.96. The molecule has 3 rings (SSSR count). The molecule has 0 fully saturated rings. The van der Waals surface area contributed by atoms with Gasteiger partial charge in [-0.1, -0.05) is 53.9 Å². The molecule has 3 aromatic carbocycles. The Bertz CT molecular complexity index is 1460. The molecule has 0 saturated heterocycles. The third-order valence-electron chi connectivity index (χ3n) is 6.88. The Balaban J connectivity index is 2.07. The summed E-state index contributed by atoms with van der Waals surface area (Å²) in [5.74, 6) is -0.428. The van der Waals surface area contributed by atoms with Crippen molar-refractivity contribution in [1.82, 2.24) is 10.2 Å². The van der Waals surface area contributed by atoms with Gasteiger partial charge >= 0.3 is 0 Å². The minimum absolute atomic E-state index is 0.0260. The van der Waals surface area contributed by atoms with Crippen LogP contribution < -0.4 is 14.4 Å². The number of aryl methyl sites for hydroxylation is 1. The summed E-state index contributed by atoms with van der Waals surface area (Å²) in [5.41, 5.74) is 1.60. The van der Waals surface area contributed by atoms with Crippen molar-refractivity contribution in [2.24, 2.45) is 0 Å². The number of ether oxygens (including phenoxy) is 1. The van der Waals surface area contributed by atoms with Gasteiger partial charge in [0.15, 0.2) is 0 Å². The quantitative estimate of drug-likeness (QED) is 0.241. The third kappa shape index (κ3) is 8.18. The van der Waals surface area contributed by atoms with Gasteiger partial charge in [0.2, 0.25) is 11.8 Å². The van der Waals surface area contributed by atoms with Crippen LogP contribution in [0.4, 0.5) is 5.69 Å². The smallest absolute Gasteiger partial charge is 0.264 e. The van der Waals surface area contributed by atoms with E-state index in [9.17, 15) is 18.0 Å². The second-order valence-corrected chi connectivity index (χ2v) is 12.6. The van der Waals surface area contributed by atoms with Crippen molar-refractivity contribution in [1.29, 1.82) is 0 Å². The van der Waals surface area contributed by atoms with Crippen molar-refractivity contribution in [2.45, 2.75) is 64.6 Å². The predicted octanol–water partition coefficient (Wildman–Crippen LogP) is 6.23. The van der Waals surface area contributed by atoms with E-state index in [0.29, 0.717) is 34.4 Å². The fraction of sp³-hybridized carbons (Fsp3) is 0.355. The van der Waals surface area contributed by atoms with E-state index in [1.807, 2.05) is 27.7 Å². The number of amides is 2. The number of halogens is 2. The van der Waals surface area contributed by atoms with Gasteiger partial charge in [-0.3, -0.25) is 13.9 Å². The zero-order chi connectivity index (χ0) is 31.0. The van der Waals surface area contributed by atoms with Gasteiger partial charge in [-0.05, 0) is 82.6 Å². The summed E-state index contributed by atoms with van der Waals surface area (Å²) < 4.78 is 34.5. The van der Waals surface area contributed by atoms with E-state index in [1.165, 1.54) is 17.0 Å². The first-order valence-corrected chi connectivity index (χ1v) is 15.9. The zero-order valence-electron chi connectivity index (χ0n) is 24.4. The maximum absolute atomic E-state index is 14.1. The molecule has 0 radical (unpaired) electrons. The molecule has 0 aromatic heterocycles. The predicted molar refractivity (Wildman–Crippen MR) is 168 cm³/mol. The standard InChI is InChI=1S/C31H37Cl2N3O5S/c1-6-22(4)34-31(38)23(5)35(19-27-28(32)9-8-10-29(27)33)30(37)20-36(24-13-15-25(16-14-24)41-7-2)42(39,40)26-17-11-21(3)12-18-26/h8-18,22-23H,6-7,19-20H2,1-5H3,(H,34,38)/t22-,23-/m0/s1. The number of sulfonamides is 1. The Hall–Kier alpha value is -3.27. The fourth-order valence-corrected chi connectivity index (χ4v) is 6.07. The molecule has 0 aliphatic rings. The van der Waals surface area contributed by atoms with Crippen LogP contribution in [0.25, 0.3) is 0 Å². The van der Waals surface area contributed by atoms with Gasteiger partial charge in [0.25, 0.3) is 10.0 Å². The summed E-state index contributed by atoms with van der Waals surface area (Å²) in [6.07, 6.45) is 0.697. The molecule has 0 unspecified atom stereocenters. The molecule has 3 aromatic rings. The molecule has 1 N–H and O–H groups in total. The highest BCUT2D eigenvalue weighted by Crippen LogP contribution is 2.29. The van der Waals surface area contributed by atoms with Crippen LogP contribution in [-0.4, -0.2) is 50.4 Å². The van der Waals surface area contributed by atoms with Crippen molar-refractivity contribution in [3.8, 4) is 5.75 Å². The van der Waals surface area contributed by atoms with Crippen LogP contribution in [0.5, 0.6) is 5.75 Å². The maximum Gasteiger partial charge on any atom is 0.264 e. The van der Waals surface area contributed by atoms with Crippen molar-refractivity contribution < 1.29 is 22.7 Å². The Morgan fingerprint density at radius 2 is 1.52 bits per heavy atom. The Morgan fingerprint density at radius 3 is 2.07 bits per heavy atom. The van der Waals surface area contributed by atoms with Crippen molar-refractivity contribution in [2.75, 3.05) is 17.5 Å². The van der Waals surface area contributed by atoms with Crippen LogP contribution in [0.3, 0.4) is 0 Å². The molecule has 0 heterocycles. The Kier molecular flexibility index (Phi) is 11.7. The first-order chi connectivity index (χ1) is 19.9. The van der Waals surface area contributed by atoms with Gasteiger partial charge in [0.1, 0.15) is 18.3 Å². The maximum atomic E-state index is 14.1. The van der Waals surface area contributed by atoms with E-state index in [-0.39, 0.29) is 29.1 Å². The first-order valence-electron chi connectivity index (χ1n) is 13.7. The van der Waals surface area contributed by atoms with Crippen LogP contribution >= 0.6 is 23.2 Å². The minimum atomic E-state index is -4.19. The van der Waals surface area contributed by atoms with Gasteiger partial charge < -0.3 is 15.0 Å². The third-order valence-corrected chi connectivity index (χ3v) is 9.38. The first kappa shape index (κ1) is 33.2. The highest BCUT2D eigenvalue weighted by molar-refractivity contribution is 7.92. The van der Waals surface area contributed by atoms with Crippen LogP contribution in [0, 0.1) is 6.92 Å². The van der Waals surface area contributed by atoms with Crippen molar-refractivity contribution >= 4 is 50.7 Å². The lowest BCUT2D eigenvalue weighted by Gasteiger charge is -2.33. The normalized spacial score (nSPS) is 12.7. The molecular formula is C31H37Cl2N3O5S. The van der Waals surface area contributed by atoms with Crippen molar-refractivity contribution in [3.63, 3.8) is 0 Å². The lowest BCUT2D eigenvalue weighted by molar-refractivity contribution is -0.139. The monoisotopic (exact) mass is 633 g/mol. The molecule has 2 atom stereocenters. The molecule has 0 aliphatic heterocycles. The number of hydrogen-bond acceptors (Lipinski definition) is 5. The van der Waals surface area contributed by atoms with E-state index >= 15 is 0 Å². The lowest BCUT2D eigenvalue weighted by atomic mass is 10.1. The summed E-state index contributed by atoms with van der Waals surface area (Å²) >= 11 is 12.9. The molecule has 0 bridgehead atoms. The Labute approximate surface area is 258 Å². The van der Waals surface area contributed by atoms with Gasteiger partial charge in [-0.2, -0.15) is 0 Å². The number of carbonyl (C=O) groups excluding carboxylic acids is 2. The van der Waals surface area contributed by atoms with Crippen LogP contribution in [0.2, 0.25) is 10.0 Å². The topological polar surface area (TPSA) is 96.0 Å². The summed E-state index contributed by atoms with van der Waals surface area (Å²) in [5, 5.41) is 3.55. The largest absolute Gasteiger partial charge is 0.494 e. The molecule has 11 heteroatoms. The van der Waals surface area contributed by atoms with E-state index < -0.39 is 28.5 Å². The second kappa shape index (κ2) is 14.8. The van der Waals surface area contributed by atoms with Gasteiger partial charge in [-0.25, -0.2) is 8.42 Å². The molecular weight excluding hydrogens is 597 g/mol. The number of rotatable bonds is 13. The molecule has 226 valence electrons. The van der Waals surface area contributed by atoms with Crippen molar-refractivity contribution in [3.05, 3.63) is 87.9 Å². The summed E-state index contributed by atoms with van der Waals surface area (Å²) in [7, 11) is -4.19. The number of anilines is 1. The van der Waals surface area contributed by atoms with Crippen LogP contribution in [0.1, 0.15) is 45.2 Å². The number of hydrogen-bond donors (Lipinski definition) is 1. The van der Waals surface area contributed by atoms with Gasteiger partial charge in [-0.15, -0.1) is 0 Å². The zero-order valence-corrected chi connectivity index (χ0v) is 26.8.